The summed E-state index contributed by atoms with van der Waals surface area (Å²) in [5, 5.41) is 4.31. The lowest BCUT2D eigenvalue weighted by atomic mass is 9.90. The molecule has 13 heteroatoms. The first kappa shape index (κ1) is 29.6. The first-order valence-electron chi connectivity index (χ1n) is 14.8. The summed E-state index contributed by atoms with van der Waals surface area (Å²) in [5.74, 6) is 0.667. The van der Waals surface area contributed by atoms with Crippen molar-refractivity contribution in [1.82, 2.24) is 29.8 Å². The molecule has 0 bridgehead atoms. The van der Waals surface area contributed by atoms with E-state index in [0.29, 0.717) is 73.9 Å². The molecule has 2 aromatic heterocycles. The number of hydrazine groups is 1. The maximum atomic E-state index is 13.8. The van der Waals surface area contributed by atoms with Gasteiger partial charge in [0.2, 0.25) is 18.1 Å². The van der Waals surface area contributed by atoms with Gasteiger partial charge >= 0.3 is 0 Å². The van der Waals surface area contributed by atoms with Crippen molar-refractivity contribution in [2.45, 2.75) is 26.6 Å². The normalized spacial score (nSPS) is 23.3. The third-order valence-corrected chi connectivity index (χ3v) is 7.88. The van der Waals surface area contributed by atoms with Crippen LogP contribution in [0.3, 0.4) is 0 Å². The minimum Gasteiger partial charge on any atom is -0.379 e. The van der Waals surface area contributed by atoms with E-state index in [1.54, 1.807) is 23.2 Å². The summed E-state index contributed by atoms with van der Waals surface area (Å²) in [4.78, 5) is 32.8. The summed E-state index contributed by atoms with van der Waals surface area (Å²) in [7, 11) is 0. The number of nitrogens with one attached hydrogen (secondary N) is 1. The predicted molar refractivity (Wildman–Crippen MR) is 155 cm³/mol. The number of morpholine rings is 2. The fraction of sp³-hybridized carbons (Fsp3) is 0.533. The number of hydrogen-bond acceptors (Lipinski definition) is 10. The molecule has 5 heterocycles. The quantitative estimate of drug-likeness (QED) is 0.416. The van der Waals surface area contributed by atoms with Gasteiger partial charge in [-0.15, -0.1) is 0 Å². The molecule has 43 heavy (non-hydrogen) atoms. The van der Waals surface area contributed by atoms with Crippen molar-refractivity contribution >= 4 is 11.9 Å². The van der Waals surface area contributed by atoms with Crippen LogP contribution in [0.4, 0.5) is 10.3 Å². The minimum atomic E-state index is -0.815. The first-order chi connectivity index (χ1) is 20.9. The van der Waals surface area contributed by atoms with E-state index in [2.05, 4.69) is 26.9 Å². The van der Waals surface area contributed by atoms with Gasteiger partial charge in [0.05, 0.1) is 62.1 Å². The van der Waals surface area contributed by atoms with Crippen molar-refractivity contribution in [2.75, 3.05) is 77.4 Å². The summed E-state index contributed by atoms with van der Waals surface area (Å²) in [6, 6.07) is 7.97. The number of benzene rings is 1. The fourth-order valence-corrected chi connectivity index (χ4v) is 5.53. The molecule has 0 saturated carbocycles. The van der Waals surface area contributed by atoms with Gasteiger partial charge in [-0.1, -0.05) is 6.92 Å². The summed E-state index contributed by atoms with van der Waals surface area (Å²) in [6.07, 6.45) is 1.83. The molecule has 3 saturated heterocycles. The van der Waals surface area contributed by atoms with E-state index in [1.807, 2.05) is 13.0 Å². The lowest BCUT2D eigenvalue weighted by Crippen LogP contribution is -2.53. The average Bonchev–Trinajstić information content (AvgIpc) is 3.50. The number of ether oxygens (including phenoxy) is 4. The highest BCUT2D eigenvalue weighted by molar-refractivity contribution is 5.83. The Labute approximate surface area is 250 Å². The lowest BCUT2D eigenvalue weighted by molar-refractivity contribution is -0.235. The number of H-pyrrole nitrogens is 1. The highest BCUT2D eigenvalue weighted by Crippen LogP contribution is 2.36. The molecular weight excluding hydrogens is 557 g/mol. The summed E-state index contributed by atoms with van der Waals surface area (Å²) in [6.45, 7) is 10.1. The van der Waals surface area contributed by atoms with E-state index in [-0.39, 0.29) is 24.9 Å². The Bertz CT molecular complexity index is 1380. The van der Waals surface area contributed by atoms with Crippen molar-refractivity contribution in [3.8, 4) is 22.6 Å². The van der Waals surface area contributed by atoms with Gasteiger partial charge in [-0.05, 0) is 43.7 Å². The smallest absolute Gasteiger partial charge is 0.240 e. The number of carbonyl (C=O) groups excluding carboxylic acids is 1. The summed E-state index contributed by atoms with van der Waals surface area (Å²) < 4.78 is 37.0. The summed E-state index contributed by atoms with van der Waals surface area (Å²) in [5.41, 5.74) is 1.74. The molecule has 1 amide bonds. The Kier molecular flexibility index (Phi) is 8.96. The molecule has 0 radical (unpaired) electrons. The van der Waals surface area contributed by atoms with Gasteiger partial charge < -0.3 is 28.8 Å². The van der Waals surface area contributed by atoms with Crippen molar-refractivity contribution in [1.29, 1.82) is 0 Å². The average molecular weight is 596 g/mol. The number of aromatic amines is 1. The number of halogens is 1. The van der Waals surface area contributed by atoms with Gasteiger partial charge in [0.15, 0.2) is 5.82 Å². The molecule has 0 atom stereocenters. The van der Waals surface area contributed by atoms with Crippen LogP contribution in [0.1, 0.15) is 32.4 Å². The third kappa shape index (κ3) is 6.41. The SMILES string of the molecule is CCCN(c1nccc(-c2[nH]c(C3OCC(C)(C(=O)N4CCOCC4)CO3)nc2-c2ccc(F)cc2)n1)N1CCOCC1. The van der Waals surface area contributed by atoms with E-state index < -0.39 is 11.7 Å². The van der Waals surface area contributed by atoms with Crippen molar-refractivity contribution in [3.05, 3.63) is 48.2 Å². The minimum absolute atomic E-state index is 0.00759. The highest BCUT2D eigenvalue weighted by atomic mass is 19.1. The molecule has 0 spiro atoms. The molecule has 230 valence electrons. The number of amides is 1. The Morgan fingerprint density at radius 1 is 1.02 bits per heavy atom. The molecule has 12 nitrogen and oxygen atoms in total. The van der Waals surface area contributed by atoms with Crippen LogP contribution in [0.2, 0.25) is 0 Å². The molecular formula is C30H38FN7O5. The second-order valence-electron chi connectivity index (χ2n) is 11.2. The predicted octanol–water partition coefficient (Wildman–Crippen LogP) is 3.05. The molecule has 0 unspecified atom stereocenters. The Hall–Kier alpha value is -3.49. The largest absolute Gasteiger partial charge is 0.379 e. The molecule has 3 aliphatic heterocycles. The first-order valence-corrected chi connectivity index (χ1v) is 14.8. The molecule has 3 aliphatic rings. The van der Waals surface area contributed by atoms with Gasteiger partial charge in [0, 0.05) is 44.5 Å². The van der Waals surface area contributed by atoms with E-state index in [1.165, 1.54) is 12.1 Å². The lowest BCUT2D eigenvalue weighted by Gasteiger charge is -2.39. The van der Waals surface area contributed by atoms with Gasteiger partial charge in [-0.3, -0.25) is 9.80 Å². The summed E-state index contributed by atoms with van der Waals surface area (Å²) >= 11 is 0. The number of nitrogens with zero attached hydrogens (tertiary/aromatic N) is 6. The molecule has 3 aromatic rings. The topological polar surface area (TPSA) is 118 Å². The second kappa shape index (κ2) is 13.0. The van der Waals surface area contributed by atoms with E-state index in [9.17, 15) is 9.18 Å². The van der Waals surface area contributed by atoms with Crippen LogP contribution in [-0.2, 0) is 23.7 Å². The fourth-order valence-electron chi connectivity index (χ4n) is 5.53. The standard InChI is InChI=1S/C30H38FN7O5/c1-3-10-38(37-13-17-41-18-14-37)29-32-9-8-23(33-29)25-24(21-4-6-22(31)7-5-21)34-26(35-25)27-42-19-30(2,20-43-27)28(39)36-11-15-40-16-12-36/h4-9,27H,3,10-20H2,1-2H3,(H,34,35). The zero-order valence-corrected chi connectivity index (χ0v) is 24.6. The van der Waals surface area contributed by atoms with Crippen molar-refractivity contribution < 1.29 is 28.1 Å². The zero-order valence-electron chi connectivity index (χ0n) is 24.6. The number of aromatic nitrogens is 4. The maximum Gasteiger partial charge on any atom is 0.240 e. The van der Waals surface area contributed by atoms with Crippen molar-refractivity contribution in [3.63, 3.8) is 0 Å². The molecule has 0 aliphatic carbocycles. The molecule has 6 rings (SSSR count). The van der Waals surface area contributed by atoms with Crippen LogP contribution in [-0.4, -0.2) is 108 Å². The number of anilines is 1. The monoisotopic (exact) mass is 595 g/mol. The van der Waals surface area contributed by atoms with Crippen LogP contribution >= 0.6 is 0 Å². The van der Waals surface area contributed by atoms with Gasteiger partial charge in [-0.25, -0.2) is 24.4 Å². The van der Waals surface area contributed by atoms with Crippen LogP contribution in [0.5, 0.6) is 0 Å². The molecule has 3 fully saturated rings. The molecule has 1 N–H and O–H groups in total. The van der Waals surface area contributed by atoms with Gasteiger partial charge in [0.25, 0.3) is 0 Å². The van der Waals surface area contributed by atoms with Crippen molar-refractivity contribution in [2.24, 2.45) is 5.41 Å². The second-order valence-corrected chi connectivity index (χ2v) is 11.2. The Morgan fingerprint density at radius 3 is 2.37 bits per heavy atom. The van der Waals surface area contributed by atoms with E-state index >= 15 is 0 Å². The van der Waals surface area contributed by atoms with Crippen LogP contribution in [0.25, 0.3) is 22.6 Å². The third-order valence-electron chi connectivity index (χ3n) is 7.88. The van der Waals surface area contributed by atoms with Gasteiger partial charge in [-0.2, -0.15) is 0 Å². The van der Waals surface area contributed by atoms with E-state index in [0.717, 1.165) is 26.1 Å². The molecule has 1 aromatic carbocycles. The number of rotatable bonds is 8. The van der Waals surface area contributed by atoms with E-state index in [4.69, 9.17) is 28.9 Å². The number of imidazole rings is 1. The highest BCUT2D eigenvalue weighted by Gasteiger charge is 2.43. The Balaban J connectivity index is 1.29. The van der Waals surface area contributed by atoms with Crippen LogP contribution in [0.15, 0.2) is 36.5 Å². The number of carbonyl (C=O) groups is 1. The van der Waals surface area contributed by atoms with Gasteiger partial charge in [0.1, 0.15) is 5.82 Å². The zero-order chi connectivity index (χ0) is 29.8. The van der Waals surface area contributed by atoms with Crippen LogP contribution in [0, 0.1) is 11.2 Å². The Morgan fingerprint density at radius 2 is 1.70 bits per heavy atom. The van der Waals surface area contributed by atoms with Crippen LogP contribution < -0.4 is 5.01 Å². The maximum absolute atomic E-state index is 13.8. The number of hydrogen-bond donors (Lipinski definition) is 1.